The summed E-state index contributed by atoms with van der Waals surface area (Å²) in [5.74, 6) is 0.954. The number of rotatable bonds is 0. The van der Waals surface area contributed by atoms with E-state index in [2.05, 4.69) is 34.6 Å². The van der Waals surface area contributed by atoms with E-state index in [1.165, 1.54) is 16.3 Å². The molecule has 0 spiro atoms. The van der Waals surface area contributed by atoms with Gasteiger partial charge in [0, 0.05) is 17.8 Å². The van der Waals surface area contributed by atoms with Crippen LogP contribution in [0.2, 0.25) is 0 Å². The summed E-state index contributed by atoms with van der Waals surface area (Å²) in [7, 11) is 0. The zero-order valence-corrected chi connectivity index (χ0v) is 6.99. The zero-order chi connectivity index (χ0) is 8.67. The minimum absolute atomic E-state index is 0.954. The van der Waals surface area contributed by atoms with Crippen LogP contribution in [0.4, 0.5) is 5.82 Å². The van der Waals surface area contributed by atoms with Crippen molar-refractivity contribution in [2.75, 3.05) is 5.32 Å². The maximum absolute atomic E-state index is 4.28. The van der Waals surface area contributed by atoms with E-state index >= 15 is 0 Å². The van der Waals surface area contributed by atoms with Gasteiger partial charge in [0.05, 0.1) is 0 Å². The third-order valence-electron chi connectivity index (χ3n) is 2.31. The first-order valence-corrected chi connectivity index (χ1v) is 4.26. The summed E-state index contributed by atoms with van der Waals surface area (Å²) in [5.41, 5.74) is 1.24. The summed E-state index contributed by atoms with van der Waals surface area (Å²) in [6, 6.07) is 8.30. The lowest BCUT2D eigenvalue weighted by molar-refractivity contribution is 1.33. The average Bonchev–Trinajstić information content (AvgIpc) is 2.19. The molecule has 1 aliphatic rings. The molecular weight excluding hydrogens is 160 g/mol. The summed E-state index contributed by atoms with van der Waals surface area (Å²) in [6.07, 6.45) is 5.81. The second-order valence-electron chi connectivity index (χ2n) is 3.08. The Kier molecular flexibility index (Phi) is 1.19. The number of pyridine rings is 1. The molecule has 0 aliphatic carbocycles. The van der Waals surface area contributed by atoms with Crippen LogP contribution in [-0.2, 0) is 0 Å². The van der Waals surface area contributed by atoms with Crippen LogP contribution in [-0.4, -0.2) is 4.98 Å². The third kappa shape index (κ3) is 0.855. The molecule has 1 aliphatic heterocycles. The summed E-state index contributed by atoms with van der Waals surface area (Å²) in [6.45, 7) is 0. The van der Waals surface area contributed by atoms with Crippen molar-refractivity contribution in [3.05, 3.63) is 42.2 Å². The van der Waals surface area contributed by atoms with Gasteiger partial charge in [-0.25, -0.2) is 4.98 Å². The van der Waals surface area contributed by atoms with Crippen molar-refractivity contribution in [2.45, 2.75) is 0 Å². The molecule has 1 N–H and O–H groups in total. The molecular formula is C11H8N2. The number of anilines is 1. The van der Waals surface area contributed by atoms with Crippen LogP contribution in [0.5, 0.6) is 0 Å². The van der Waals surface area contributed by atoms with Crippen LogP contribution >= 0.6 is 0 Å². The first kappa shape index (κ1) is 6.66. The van der Waals surface area contributed by atoms with Crippen LogP contribution in [0.25, 0.3) is 16.8 Å². The van der Waals surface area contributed by atoms with Crippen molar-refractivity contribution in [3.63, 3.8) is 0 Å². The van der Waals surface area contributed by atoms with E-state index in [1.54, 1.807) is 0 Å². The molecule has 2 heteroatoms. The first-order chi connectivity index (χ1) is 6.45. The predicted molar refractivity (Wildman–Crippen MR) is 54.4 cm³/mol. The largest absolute Gasteiger partial charge is 0.346 e. The molecule has 0 unspecified atom stereocenters. The second-order valence-corrected chi connectivity index (χ2v) is 3.08. The van der Waals surface area contributed by atoms with Crippen molar-refractivity contribution >= 4 is 22.7 Å². The fraction of sp³-hybridized carbons (Fsp3) is 0. The molecule has 2 heterocycles. The standard InChI is InChI=1S/C11H8N2/c1-2-8-4-6-12-11-10(8)9(3-1)5-7-13-11/h1-7H,(H,12,13). The van der Waals surface area contributed by atoms with E-state index in [-0.39, 0.29) is 0 Å². The molecule has 2 nitrogen and oxygen atoms in total. The average molecular weight is 168 g/mol. The van der Waals surface area contributed by atoms with Crippen LogP contribution in [0, 0.1) is 0 Å². The summed E-state index contributed by atoms with van der Waals surface area (Å²) < 4.78 is 0. The smallest absolute Gasteiger partial charge is 0.138 e. The minimum Gasteiger partial charge on any atom is -0.346 e. The maximum atomic E-state index is 4.28. The maximum Gasteiger partial charge on any atom is 0.138 e. The van der Waals surface area contributed by atoms with Gasteiger partial charge in [-0.1, -0.05) is 18.2 Å². The van der Waals surface area contributed by atoms with Crippen LogP contribution in [0.3, 0.4) is 0 Å². The Morgan fingerprint density at radius 2 is 2.15 bits per heavy atom. The van der Waals surface area contributed by atoms with E-state index in [9.17, 15) is 0 Å². The van der Waals surface area contributed by atoms with Gasteiger partial charge < -0.3 is 5.32 Å². The van der Waals surface area contributed by atoms with Crippen molar-refractivity contribution in [2.24, 2.45) is 0 Å². The second kappa shape index (κ2) is 2.33. The number of hydrogen-bond acceptors (Lipinski definition) is 2. The fourth-order valence-electron chi connectivity index (χ4n) is 1.72. The van der Waals surface area contributed by atoms with Gasteiger partial charge in [0.15, 0.2) is 0 Å². The van der Waals surface area contributed by atoms with Gasteiger partial charge in [-0.05, 0) is 23.1 Å². The molecule has 0 bridgehead atoms. The Morgan fingerprint density at radius 3 is 3.15 bits per heavy atom. The summed E-state index contributed by atoms with van der Waals surface area (Å²) in [5, 5.41) is 5.59. The number of nitrogens with zero attached hydrogens (tertiary/aromatic N) is 1. The number of hydrogen-bond donors (Lipinski definition) is 1. The first-order valence-electron chi connectivity index (χ1n) is 4.26. The monoisotopic (exact) mass is 168 g/mol. The Morgan fingerprint density at radius 1 is 1.15 bits per heavy atom. The Labute approximate surface area is 75.9 Å². The molecule has 0 amide bonds. The van der Waals surface area contributed by atoms with E-state index < -0.39 is 0 Å². The van der Waals surface area contributed by atoms with Gasteiger partial charge in [-0.15, -0.1) is 0 Å². The van der Waals surface area contributed by atoms with E-state index in [4.69, 9.17) is 0 Å². The highest BCUT2D eigenvalue weighted by Gasteiger charge is 2.07. The molecule has 62 valence electrons. The molecule has 3 rings (SSSR count). The minimum atomic E-state index is 0.954. The van der Waals surface area contributed by atoms with Gasteiger partial charge in [0.25, 0.3) is 0 Å². The van der Waals surface area contributed by atoms with Gasteiger partial charge in [0.1, 0.15) is 5.82 Å². The SMILES string of the molecule is C1=Cc2cccc3ccnc(c23)N1. The van der Waals surface area contributed by atoms with E-state index in [0.717, 1.165) is 5.82 Å². The molecule has 2 aromatic rings. The van der Waals surface area contributed by atoms with Crippen LogP contribution < -0.4 is 5.32 Å². The normalized spacial score (nSPS) is 12.9. The highest BCUT2D eigenvalue weighted by Crippen LogP contribution is 2.28. The molecule has 0 radical (unpaired) electrons. The van der Waals surface area contributed by atoms with Crippen LogP contribution in [0.1, 0.15) is 5.56 Å². The van der Waals surface area contributed by atoms with Gasteiger partial charge in [-0.2, -0.15) is 0 Å². The molecule has 13 heavy (non-hydrogen) atoms. The quantitative estimate of drug-likeness (QED) is 0.654. The molecule has 0 atom stereocenters. The number of aromatic nitrogens is 1. The molecule has 0 saturated carbocycles. The fourth-order valence-corrected chi connectivity index (χ4v) is 1.72. The van der Waals surface area contributed by atoms with Crippen LogP contribution in [0.15, 0.2) is 36.7 Å². The predicted octanol–water partition coefficient (Wildman–Crippen LogP) is 2.63. The topological polar surface area (TPSA) is 24.9 Å². The van der Waals surface area contributed by atoms with Gasteiger partial charge >= 0.3 is 0 Å². The lowest BCUT2D eigenvalue weighted by atomic mass is 10.0. The number of benzene rings is 1. The van der Waals surface area contributed by atoms with Crippen molar-refractivity contribution < 1.29 is 0 Å². The Balaban J connectivity index is 2.56. The van der Waals surface area contributed by atoms with E-state index in [0.29, 0.717) is 0 Å². The summed E-state index contributed by atoms with van der Waals surface area (Å²) >= 11 is 0. The lowest BCUT2D eigenvalue weighted by Gasteiger charge is -2.11. The zero-order valence-electron chi connectivity index (χ0n) is 6.99. The van der Waals surface area contributed by atoms with Crippen molar-refractivity contribution in [1.29, 1.82) is 0 Å². The Bertz CT molecular complexity index is 495. The lowest BCUT2D eigenvalue weighted by Crippen LogP contribution is -1.97. The van der Waals surface area contributed by atoms with Gasteiger partial charge in [0.2, 0.25) is 0 Å². The summed E-state index contributed by atoms with van der Waals surface area (Å²) in [4.78, 5) is 4.28. The van der Waals surface area contributed by atoms with Gasteiger partial charge in [-0.3, -0.25) is 0 Å². The highest BCUT2D eigenvalue weighted by molar-refractivity contribution is 6.00. The van der Waals surface area contributed by atoms with E-state index in [1.807, 2.05) is 18.5 Å². The van der Waals surface area contributed by atoms with Crippen molar-refractivity contribution in [1.82, 2.24) is 4.98 Å². The molecule has 1 aromatic carbocycles. The molecule has 0 saturated heterocycles. The third-order valence-corrected chi connectivity index (χ3v) is 2.31. The molecule has 1 aromatic heterocycles. The Hall–Kier alpha value is -1.83. The molecule has 0 fully saturated rings. The highest BCUT2D eigenvalue weighted by atomic mass is 15.0. The number of nitrogens with one attached hydrogen (secondary N) is 1. The van der Waals surface area contributed by atoms with Crippen molar-refractivity contribution in [3.8, 4) is 0 Å².